The summed E-state index contributed by atoms with van der Waals surface area (Å²) >= 11 is 0. The number of fused-ring (bicyclic) bond motifs is 1. The monoisotopic (exact) mass is 621 g/mol. The zero-order valence-electron chi connectivity index (χ0n) is 24.8. The second-order valence-corrected chi connectivity index (χ2v) is 11.1. The Bertz CT molecular complexity index is 1840. The highest BCUT2D eigenvalue weighted by Gasteiger charge is 2.16. The van der Waals surface area contributed by atoms with Crippen LogP contribution in [0.5, 0.6) is 11.5 Å². The predicted molar refractivity (Wildman–Crippen MR) is 170 cm³/mol. The van der Waals surface area contributed by atoms with E-state index >= 15 is 0 Å². The summed E-state index contributed by atoms with van der Waals surface area (Å²) in [4.78, 5) is 12.7. The molecule has 44 heavy (non-hydrogen) atoms. The van der Waals surface area contributed by atoms with Crippen LogP contribution in [0, 0.1) is 13.8 Å². The van der Waals surface area contributed by atoms with Gasteiger partial charge in [0.1, 0.15) is 23.1 Å². The molecule has 0 atom stereocenters. The fourth-order valence-electron chi connectivity index (χ4n) is 4.14. The molecule has 3 aromatic heterocycles. The van der Waals surface area contributed by atoms with Gasteiger partial charge in [-0.3, -0.25) is 4.72 Å². The van der Waals surface area contributed by atoms with Gasteiger partial charge in [-0.05, 0) is 75.2 Å². The summed E-state index contributed by atoms with van der Waals surface area (Å²) in [6.45, 7) is 9.26. The molecule has 0 aliphatic heterocycles. The van der Waals surface area contributed by atoms with Gasteiger partial charge >= 0.3 is 0 Å². The Labute approximate surface area is 255 Å². The van der Waals surface area contributed by atoms with Crippen molar-refractivity contribution >= 4 is 50.0 Å². The quantitative estimate of drug-likeness (QED) is 0.138. The van der Waals surface area contributed by atoms with E-state index in [0.717, 1.165) is 33.7 Å². The molecule has 0 aliphatic carbocycles. The number of nitrogens with two attached hydrogens (primary N) is 3. The van der Waals surface area contributed by atoms with Gasteiger partial charge in [-0.1, -0.05) is 5.16 Å². The number of hydrogen-bond donors (Lipinski definition) is 5. The average Bonchev–Trinajstić information content (AvgIpc) is 3.37. The first kappa shape index (κ1) is 31.6. The minimum Gasteiger partial charge on any atom is -0.494 e. The van der Waals surface area contributed by atoms with Crippen LogP contribution >= 0.6 is 0 Å². The topological polar surface area (TPSA) is 219 Å². The molecule has 8 N–H and O–H groups in total. The number of aromatic nitrogens is 4. The summed E-state index contributed by atoms with van der Waals surface area (Å²) in [6, 6.07) is 13.1. The number of sulfonamides is 1. The fraction of sp³-hybridized carbons (Fsp3) is 0.241. The highest BCUT2D eigenvalue weighted by Crippen LogP contribution is 2.31. The van der Waals surface area contributed by atoms with E-state index in [1.807, 2.05) is 39.0 Å². The maximum Gasteiger partial charge on any atom is 0.263 e. The SMILES string of the molecule is CCOc1ccc(OCC)c(NCc2cnc3nc(N)nc(N)c3c2C)c1.Cc1cc(NS(=O)(=O)c2ccc(N)cc2)no1. The minimum atomic E-state index is -3.64. The van der Waals surface area contributed by atoms with Crippen molar-refractivity contribution in [2.75, 3.05) is 40.5 Å². The van der Waals surface area contributed by atoms with Gasteiger partial charge in [0.25, 0.3) is 10.0 Å². The lowest BCUT2D eigenvalue weighted by Crippen LogP contribution is -2.13. The highest BCUT2D eigenvalue weighted by atomic mass is 32.2. The third-order valence-electron chi connectivity index (χ3n) is 6.22. The molecule has 15 heteroatoms. The Balaban J connectivity index is 0.000000223. The molecular weight excluding hydrogens is 586 g/mol. The number of rotatable bonds is 10. The number of nitrogen functional groups attached to an aromatic ring is 3. The molecule has 0 bridgehead atoms. The minimum absolute atomic E-state index is 0.117. The van der Waals surface area contributed by atoms with Crippen LogP contribution in [0.2, 0.25) is 0 Å². The number of aryl methyl sites for hydroxylation is 2. The molecule has 0 spiro atoms. The lowest BCUT2D eigenvalue weighted by molar-refractivity contribution is 0.332. The van der Waals surface area contributed by atoms with E-state index in [1.165, 1.54) is 30.3 Å². The molecule has 0 radical (unpaired) electrons. The molecule has 0 saturated carbocycles. The van der Waals surface area contributed by atoms with Gasteiger partial charge in [-0.15, -0.1) is 0 Å². The normalized spacial score (nSPS) is 11.0. The Kier molecular flexibility index (Phi) is 9.90. The standard InChI is InChI=1S/C19H24N6O2.C10H11N3O3S/c1-4-26-13-6-7-15(27-5-2)14(8-13)22-9-12-10-23-18-16(11(12)3)17(20)24-19(21)25-18;1-7-6-10(12-16-7)13-17(14,15)9-4-2-8(11)3-5-9/h6-8,10,22H,4-5,9H2,1-3H3,(H4,20,21,23,24,25);2-6H,11H2,1H3,(H,12,13). The molecular formula is C29H35N9O5S. The number of nitrogens with one attached hydrogen (secondary N) is 2. The largest absolute Gasteiger partial charge is 0.494 e. The van der Waals surface area contributed by atoms with Gasteiger partial charge in [-0.25, -0.2) is 13.4 Å². The first-order valence-electron chi connectivity index (χ1n) is 13.6. The zero-order chi connectivity index (χ0) is 31.9. The van der Waals surface area contributed by atoms with Crippen molar-refractivity contribution in [2.24, 2.45) is 0 Å². The lowest BCUT2D eigenvalue weighted by Gasteiger charge is -2.16. The maximum absolute atomic E-state index is 11.9. The molecule has 5 rings (SSSR count). The third-order valence-corrected chi connectivity index (χ3v) is 7.59. The summed E-state index contributed by atoms with van der Waals surface area (Å²) in [5.41, 5.74) is 20.9. The molecule has 0 amide bonds. The Morgan fingerprint density at radius 1 is 0.932 bits per heavy atom. The van der Waals surface area contributed by atoms with Crippen LogP contribution in [-0.2, 0) is 16.6 Å². The molecule has 2 aromatic carbocycles. The highest BCUT2D eigenvalue weighted by molar-refractivity contribution is 7.92. The predicted octanol–water partition coefficient (Wildman–Crippen LogP) is 4.27. The first-order chi connectivity index (χ1) is 21.0. The van der Waals surface area contributed by atoms with Crippen LogP contribution in [0.1, 0.15) is 30.7 Å². The summed E-state index contributed by atoms with van der Waals surface area (Å²) in [5, 5.41) is 7.67. The van der Waals surface area contributed by atoms with Crippen molar-refractivity contribution in [3.05, 3.63) is 71.6 Å². The van der Waals surface area contributed by atoms with E-state index in [4.69, 9.17) is 31.2 Å². The van der Waals surface area contributed by atoms with E-state index in [0.29, 0.717) is 42.7 Å². The van der Waals surface area contributed by atoms with Gasteiger partial charge in [0, 0.05) is 30.6 Å². The summed E-state index contributed by atoms with van der Waals surface area (Å²) < 4.78 is 42.1. The second-order valence-electron chi connectivity index (χ2n) is 9.45. The van der Waals surface area contributed by atoms with E-state index < -0.39 is 10.0 Å². The maximum atomic E-state index is 11.9. The summed E-state index contributed by atoms with van der Waals surface area (Å²) in [7, 11) is -3.64. The van der Waals surface area contributed by atoms with Crippen LogP contribution in [0.4, 0.5) is 29.0 Å². The molecule has 0 fully saturated rings. The molecule has 0 aliphatic rings. The number of nitrogens with zero attached hydrogens (tertiary/aromatic N) is 4. The number of anilines is 5. The molecule has 14 nitrogen and oxygen atoms in total. The lowest BCUT2D eigenvalue weighted by atomic mass is 10.1. The zero-order valence-corrected chi connectivity index (χ0v) is 25.6. The van der Waals surface area contributed by atoms with Crippen molar-refractivity contribution in [3.8, 4) is 11.5 Å². The number of hydrogen-bond acceptors (Lipinski definition) is 13. The molecule has 232 valence electrons. The Morgan fingerprint density at radius 3 is 2.32 bits per heavy atom. The van der Waals surface area contributed by atoms with Crippen molar-refractivity contribution < 1.29 is 22.4 Å². The summed E-state index contributed by atoms with van der Waals surface area (Å²) in [5.74, 6) is 2.68. The molecule has 3 heterocycles. The number of benzene rings is 2. The van der Waals surface area contributed by atoms with Crippen LogP contribution in [0.3, 0.4) is 0 Å². The van der Waals surface area contributed by atoms with Gasteiger partial charge in [-0.2, -0.15) is 9.97 Å². The van der Waals surface area contributed by atoms with E-state index in [2.05, 4.69) is 30.1 Å². The van der Waals surface area contributed by atoms with Gasteiger partial charge < -0.3 is 36.5 Å². The van der Waals surface area contributed by atoms with Crippen LogP contribution in [0.25, 0.3) is 11.0 Å². The fourth-order valence-corrected chi connectivity index (χ4v) is 5.13. The molecule has 0 saturated heterocycles. The summed E-state index contributed by atoms with van der Waals surface area (Å²) in [6.07, 6.45) is 1.77. The molecule has 0 unspecified atom stereocenters. The number of pyridine rings is 1. The average molecular weight is 622 g/mol. The van der Waals surface area contributed by atoms with Crippen LogP contribution < -0.4 is 36.7 Å². The first-order valence-corrected chi connectivity index (χ1v) is 15.1. The Hall–Kier alpha value is -5.31. The van der Waals surface area contributed by atoms with E-state index in [-0.39, 0.29) is 16.7 Å². The smallest absolute Gasteiger partial charge is 0.263 e. The van der Waals surface area contributed by atoms with E-state index in [9.17, 15) is 8.42 Å². The third kappa shape index (κ3) is 7.74. The van der Waals surface area contributed by atoms with Crippen LogP contribution in [-0.4, -0.2) is 41.7 Å². The second kappa shape index (κ2) is 13.8. The number of ether oxygens (including phenoxy) is 2. The molecule has 5 aromatic rings. The van der Waals surface area contributed by atoms with Crippen LogP contribution in [0.15, 0.2) is 64.1 Å². The van der Waals surface area contributed by atoms with Gasteiger partial charge in [0.2, 0.25) is 5.95 Å². The van der Waals surface area contributed by atoms with Gasteiger partial charge in [0.05, 0.1) is 29.2 Å². The van der Waals surface area contributed by atoms with E-state index in [1.54, 1.807) is 13.1 Å². The Morgan fingerprint density at radius 2 is 1.66 bits per heavy atom. The van der Waals surface area contributed by atoms with Crippen molar-refractivity contribution in [1.29, 1.82) is 0 Å². The van der Waals surface area contributed by atoms with Gasteiger partial charge in [0.15, 0.2) is 11.5 Å². The van der Waals surface area contributed by atoms with Crippen molar-refractivity contribution in [1.82, 2.24) is 20.1 Å². The van der Waals surface area contributed by atoms with Crippen molar-refractivity contribution in [3.63, 3.8) is 0 Å². The van der Waals surface area contributed by atoms with Crippen molar-refractivity contribution in [2.45, 2.75) is 39.1 Å².